The number of unbranched alkanes of at least 4 members (excludes halogenated alkanes) is 15. The number of rotatable bonds is 25. The van der Waals surface area contributed by atoms with Gasteiger partial charge in [0, 0.05) is 5.33 Å². The Bertz CT molecular complexity index is 323. The van der Waals surface area contributed by atoms with Crippen LogP contribution in [0, 0.1) is 0 Å². The molecule has 0 radical (unpaired) electrons. The summed E-state index contributed by atoms with van der Waals surface area (Å²) in [5.41, 5.74) is 1.07. The first kappa shape index (κ1) is 35.8. The van der Waals surface area contributed by atoms with Crippen molar-refractivity contribution in [1.29, 1.82) is 0 Å². The number of hydrogen-bond donors (Lipinski definition) is 0. The highest BCUT2D eigenvalue weighted by Gasteiger charge is 2.07. The molecular formula is C30H62BrOP. The van der Waals surface area contributed by atoms with E-state index in [1.165, 1.54) is 116 Å². The third kappa shape index (κ3) is 34.8. The Hall–Kier alpha value is 0.610. The lowest BCUT2D eigenvalue weighted by Crippen LogP contribution is -1.97. The van der Waals surface area contributed by atoms with Gasteiger partial charge in [-0.05, 0) is 44.7 Å². The van der Waals surface area contributed by atoms with Crippen molar-refractivity contribution >= 4 is 23.9 Å². The lowest BCUT2D eigenvalue weighted by atomic mass is 10.1. The van der Waals surface area contributed by atoms with E-state index in [1.807, 2.05) is 6.92 Å². The second kappa shape index (κ2) is 32.6. The van der Waals surface area contributed by atoms with Gasteiger partial charge in [0.25, 0.3) is 0 Å². The zero-order valence-electron chi connectivity index (χ0n) is 23.4. The van der Waals surface area contributed by atoms with E-state index in [2.05, 4.69) is 43.3 Å². The molecule has 33 heavy (non-hydrogen) atoms. The maximum absolute atomic E-state index is 5.10. The first-order valence-electron chi connectivity index (χ1n) is 14.6. The lowest BCUT2D eigenvalue weighted by Gasteiger charge is -2.18. The minimum Gasteiger partial charge on any atom is -0.376 e. The normalized spacial score (nSPS) is 11.0. The van der Waals surface area contributed by atoms with E-state index >= 15 is 0 Å². The third-order valence-corrected chi connectivity index (χ3v) is 9.22. The molecule has 1 nitrogen and oxygen atoms in total. The fourth-order valence-corrected chi connectivity index (χ4v) is 6.90. The van der Waals surface area contributed by atoms with Crippen LogP contribution in [0.4, 0.5) is 0 Å². The van der Waals surface area contributed by atoms with Crippen molar-refractivity contribution in [3.8, 4) is 0 Å². The molecule has 0 aromatic carbocycles. The first-order chi connectivity index (χ1) is 16.1. The minimum absolute atomic E-state index is 0.366. The predicted molar refractivity (Wildman–Crippen MR) is 161 cm³/mol. The van der Waals surface area contributed by atoms with Crippen molar-refractivity contribution in [1.82, 2.24) is 0 Å². The van der Waals surface area contributed by atoms with Gasteiger partial charge in [-0.1, -0.05) is 145 Å². The number of alkyl halides is 1. The minimum atomic E-state index is 0.366. The highest BCUT2D eigenvalue weighted by Crippen LogP contribution is 2.39. The second-order valence-electron chi connectivity index (χ2n) is 9.84. The maximum Gasteiger partial charge on any atom is 0.0671 e. The number of hydrogen-bond acceptors (Lipinski definition) is 1. The highest BCUT2D eigenvalue weighted by atomic mass is 79.9. The van der Waals surface area contributed by atoms with Gasteiger partial charge in [-0.15, -0.1) is 7.92 Å². The van der Waals surface area contributed by atoms with Crippen LogP contribution in [0.1, 0.15) is 143 Å². The molecule has 0 saturated heterocycles. The van der Waals surface area contributed by atoms with Crippen LogP contribution in [0.15, 0.2) is 12.2 Å². The van der Waals surface area contributed by atoms with Gasteiger partial charge in [-0.25, -0.2) is 0 Å². The maximum atomic E-state index is 5.10. The van der Waals surface area contributed by atoms with Gasteiger partial charge in [0.1, 0.15) is 0 Å². The van der Waals surface area contributed by atoms with Crippen LogP contribution < -0.4 is 0 Å². The molecule has 0 saturated carbocycles. The topological polar surface area (TPSA) is 9.23 Å². The van der Waals surface area contributed by atoms with E-state index in [0.717, 1.165) is 17.5 Å². The Labute approximate surface area is 220 Å². The molecule has 0 aromatic rings. The van der Waals surface area contributed by atoms with Gasteiger partial charge in [-0.3, -0.25) is 0 Å². The smallest absolute Gasteiger partial charge is 0.0671 e. The Morgan fingerprint density at radius 1 is 0.606 bits per heavy atom. The van der Waals surface area contributed by atoms with Crippen LogP contribution >= 0.6 is 23.9 Å². The monoisotopic (exact) mass is 548 g/mol. The Kier molecular flexibility index (Phi) is 35.3. The van der Waals surface area contributed by atoms with Crippen molar-refractivity contribution in [2.24, 2.45) is 0 Å². The third-order valence-electron chi connectivity index (χ3n) is 6.05. The summed E-state index contributed by atoms with van der Waals surface area (Å²) < 4.78 is 5.10. The molecule has 0 rings (SSSR count). The van der Waals surface area contributed by atoms with Crippen LogP contribution in [0.25, 0.3) is 0 Å². The Morgan fingerprint density at radius 2 is 0.939 bits per heavy atom. The Balaban J connectivity index is 0. The predicted octanol–water partition coefficient (Wildman–Crippen LogP) is 11.5. The van der Waals surface area contributed by atoms with Crippen LogP contribution in [-0.2, 0) is 4.74 Å². The summed E-state index contributed by atoms with van der Waals surface area (Å²) in [5, 5.41) is 0.903. The summed E-state index contributed by atoms with van der Waals surface area (Å²) in [6.45, 7) is 14.1. The molecule has 0 amide bonds. The van der Waals surface area contributed by atoms with E-state index in [0.29, 0.717) is 14.5 Å². The van der Waals surface area contributed by atoms with Crippen LogP contribution in [0.5, 0.6) is 0 Å². The molecule has 0 N–H and O–H groups in total. The number of halogens is 1. The summed E-state index contributed by atoms with van der Waals surface area (Å²) in [7, 11) is 0.366. The summed E-state index contributed by atoms with van der Waals surface area (Å²) in [6, 6.07) is 0. The summed E-state index contributed by atoms with van der Waals surface area (Å²) in [6.07, 6.45) is 31.2. The van der Waals surface area contributed by atoms with Gasteiger partial charge in [0.2, 0.25) is 0 Å². The molecule has 0 spiro atoms. The van der Waals surface area contributed by atoms with Crippen molar-refractivity contribution < 1.29 is 4.74 Å². The van der Waals surface area contributed by atoms with Crippen LogP contribution in [0.2, 0.25) is 0 Å². The quantitative estimate of drug-likeness (QED) is 0.0476. The van der Waals surface area contributed by atoms with Crippen LogP contribution in [-0.4, -0.2) is 37.0 Å². The van der Waals surface area contributed by atoms with Crippen LogP contribution in [0.3, 0.4) is 0 Å². The summed E-state index contributed by atoms with van der Waals surface area (Å²) >= 11 is 3.24. The molecule has 0 aliphatic rings. The first-order valence-corrected chi connectivity index (χ1v) is 17.6. The standard InChI is InChI=1S/C24H51P.C6H11BrO/c1-4-7-10-13-16-19-22-25(23-20-17-14-11-8-5-2)24-21-18-15-12-9-6-3;1-6(2)5-8-4-3-7/h4-24H2,1-3H3;1,3-5H2,2H3. The van der Waals surface area contributed by atoms with E-state index in [1.54, 1.807) is 18.5 Å². The zero-order chi connectivity index (χ0) is 24.8. The average Bonchev–Trinajstić information content (AvgIpc) is 2.80. The summed E-state index contributed by atoms with van der Waals surface area (Å²) in [4.78, 5) is 0. The second-order valence-corrected chi connectivity index (χ2v) is 13.3. The number of ether oxygens (including phenoxy) is 1. The molecule has 3 heteroatoms. The highest BCUT2D eigenvalue weighted by molar-refractivity contribution is 9.09. The van der Waals surface area contributed by atoms with Crippen molar-refractivity contribution in [3.63, 3.8) is 0 Å². The van der Waals surface area contributed by atoms with Crippen molar-refractivity contribution in [3.05, 3.63) is 12.2 Å². The molecule has 0 aromatic heterocycles. The average molecular weight is 550 g/mol. The fraction of sp³-hybridized carbons (Fsp3) is 0.933. The molecule has 0 heterocycles. The van der Waals surface area contributed by atoms with Gasteiger partial charge < -0.3 is 4.74 Å². The fourth-order valence-electron chi connectivity index (χ4n) is 3.98. The van der Waals surface area contributed by atoms with Gasteiger partial charge in [0.05, 0.1) is 13.2 Å². The van der Waals surface area contributed by atoms with Crippen molar-refractivity contribution in [2.45, 2.75) is 143 Å². The molecule has 0 fully saturated rings. The van der Waals surface area contributed by atoms with E-state index in [4.69, 9.17) is 4.74 Å². The molecule has 0 atom stereocenters. The molecule has 0 aliphatic heterocycles. The molecule has 0 bridgehead atoms. The van der Waals surface area contributed by atoms with E-state index in [-0.39, 0.29) is 0 Å². The van der Waals surface area contributed by atoms with E-state index in [9.17, 15) is 0 Å². The molecule has 0 unspecified atom stereocenters. The van der Waals surface area contributed by atoms with Gasteiger partial charge in [0.15, 0.2) is 0 Å². The summed E-state index contributed by atoms with van der Waals surface area (Å²) in [5.74, 6) is 0. The Morgan fingerprint density at radius 3 is 1.24 bits per heavy atom. The molecule has 0 aliphatic carbocycles. The molecule has 200 valence electrons. The zero-order valence-corrected chi connectivity index (χ0v) is 25.9. The van der Waals surface area contributed by atoms with E-state index < -0.39 is 0 Å². The van der Waals surface area contributed by atoms with Crippen molar-refractivity contribution in [2.75, 3.05) is 37.0 Å². The molecular weight excluding hydrogens is 487 g/mol. The lowest BCUT2D eigenvalue weighted by molar-refractivity contribution is 0.174. The largest absolute Gasteiger partial charge is 0.376 e. The van der Waals surface area contributed by atoms with Gasteiger partial charge in [-0.2, -0.15) is 0 Å². The van der Waals surface area contributed by atoms with Gasteiger partial charge >= 0.3 is 0 Å². The SMILES string of the molecule is C=C(C)COCCBr.CCCCCCCCP(CCCCCCCC)CCCCCCCC.